The van der Waals surface area contributed by atoms with Gasteiger partial charge in [0.2, 0.25) is 5.91 Å². The second-order valence-corrected chi connectivity index (χ2v) is 9.30. The predicted octanol–water partition coefficient (Wildman–Crippen LogP) is 5.79. The molecule has 0 fully saturated rings. The fraction of sp³-hybridized carbons (Fsp3) is 0.259. The van der Waals surface area contributed by atoms with E-state index in [2.05, 4.69) is 21.2 Å². The monoisotopic (exact) mass is 560 g/mol. The minimum atomic E-state index is -0.861. The molecule has 0 heterocycles. The lowest BCUT2D eigenvalue weighted by Crippen LogP contribution is -2.52. The van der Waals surface area contributed by atoms with Crippen LogP contribution < -0.4 is 10.1 Å². The van der Waals surface area contributed by atoms with Gasteiger partial charge in [0.25, 0.3) is 5.91 Å². The van der Waals surface area contributed by atoms with Crippen molar-refractivity contribution in [2.45, 2.75) is 32.4 Å². The Balaban J connectivity index is 1.91. The van der Waals surface area contributed by atoms with Crippen molar-refractivity contribution in [2.75, 3.05) is 13.2 Å². The number of ether oxygens (including phenoxy) is 1. The van der Waals surface area contributed by atoms with Gasteiger partial charge in [0.15, 0.2) is 6.61 Å². The molecule has 8 heteroatoms. The van der Waals surface area contributed by atoms with E-state index in [1.165, 1.54) is 11.0 Å². The summed E-state index contributed by atoms with van der Waals surface area (Å²) in [5.41, 5.74) is 1.19. The van der Waals surface area contributed by atoms with Crippen molar-refractivity contribution >= 4 is 39.3 Å². The van der Waals surface area contributed by atoms with Gasteiger partial charge in [-0.15, -0.1) is 0 Å². The molecule has 0 unspecified atom stereocenters. The predicted molar refractivity (Wildman–Crippen MR) is 139 cm³/mol. The van der Waals surface area contributed by atoms with Crippen molar-refractivity contribution in [3.63, 3.8) is 0 Å². The minimum Gasteiger partial charge on any atom is -0.482 e. The minimum absolute atomic E-state index is 0.0834. The Morgan fingerprint density at radius 1 is 1.09 bits per heavy atom. The van der Waals surface area contributed by atoms with Crippen LogP contribution in [0, 0.1) is 5.82 Å². The first-order valence-corrected chi connectivity index (χ1v) is 12.5. The molecule has 184 valence electrons. The van der Waals surface area contributed by atoms with E-state index in [0.29, 0.717) is 22.9 Å². The number of benzene rings is 3. The average Bonchev–Trinajstić information content (AvgIpc) is 2.85. The van der Waals surface area contributed by atoms with Gasteiger partial charge in [-0.3, -0.25) is 9.59 Å². The largest absolute Gasteiger partial charge is 0.482 e. The van der Waals surface area contributed by atoms with Gasteiger partial charge in [-0.25, -0.2) is 4.39 Å². The van der Waals surface area contributed by atoms with E-state index >= 15 is 0 Å². The summed E-state index contributed by atoms with van der Waals surface area (Å²) in [5, 5.41) is 3.23. The van der Waals surface area contributed by atoms with Crippen molar-refractivity contribution in [3.8, 4) is 5.75 Å². The van der Waals surface area contributed by atoms with Gasteiger partial charge in [0.1, 0.15) is 17.6 Å². The number of amides is 2. The van der Waals surface area contributed by atoms with E-state index in [0.717, 1.165) is 16.5 Å². The van der Waals surface area contributed by atoms with Gasteiger partial charge >= 0.3 is 0 Å². The second kappa shape index (κ2) is 13.3. The summed E-state index contributed by atoms with van der Waals surface area (Å²) in [6.45, 7) is 1.98. The van der Waals surface area contributed by atoms with Crippen LogP contribution in [0.3, 0.4) is 0 Å². The summed E-state index contributed by atoms with van der Waals surface area (Å²) >= 11 is 9.56. The fourth-order valence-electron chi connectivity index (χ4n) is 3.54. The quantitative estimate of drug-likeness (QED) is 0.323. The van der Waals surface area contributed by atoms with Crippen molar-refractivity contribution in [3.05, 3.63) is 99.2 Å². The highest BCUT2D eigenvalue weighted by molar-refractivity contribution is 9.10. The Morgan fingerprint density at radius 3 is 2.49 bits per heavy atom. The summed E-state index contributed by atoms with van der Waals surface area (Å²) in [4.78, 5) is 28.1. The summed E-state index contributed by atoms with van der Waals surface area (Å²) in [6, 6.07) is 19.8. The van der Waals surface area contributed by atoms with Crippen LogP contribution in [0.2, 0.25) is 5.02 Å². The lowest BCUT2D eigenvalue weighted by molar-refractivity contribution is -0.142. The Bertz CT molecular complexity index is 1150. The molecule has 0 aliphatic rings. The second-order valence-electron chi connectivity index (χ2n) is 7.97. The van der Waals surface area contributed by atoms with Crippen molar-refractivity contribution in [2.24, 2.45) is 0 Å². The van der Waals surface area contributed by atoms with Gasteiger partial charge in [-0.05, 0) is 36.2 Å². The number of carbonyl (C=O) groups excluding carboxylic acids is 2. The van der Waals surface area contributed by atoms with E-state index in [1.807, 2.05) is 37.3 Å². The molecule has 0 aromatic heterocycles. The molecule has 0 saturated carbocycles. The van der Waals surface area contributed by atoms with Gasteiger partial charge in [0.05, 0.1) is 5.02 Å². The number of nitrogens with one attached hydrogen (secondary N) is 1. The first kappa shape index (κ1) is 26.7. The van der Waals surface area contributed by atoms with E-state index in [9.17, 15) is 14.0 Å². The van der Waals surface area contributed by atoms with Crippen LogP contribution in [0.4, 0.5) is 4.39 Å². The highest BCUT2D eigenvalue weighted by atomic mass is 79.9. The van der Waals surface area contributed by atoms with Gasteiger partial charge < -0.3 is 15.0 Å². The Morgan fingerprint density at radius 2 is 1.80 bits per heavy atom. The van der Waals surface area contributed by atoms with Crippen LogP contribution in [0.15, 0.2) is 77.3 Å². The molecule has 0 bridgehead atoms. The maximum atomic E-state index is 14.6. The molecule has 0 saturated heterocycles. The summed E-state index contributed by atoms with van der Waals surface area (Å²) in [7, 11) is 0. The molecule has 3 aromatic carbocycles. The normalized spacial score (nSPS) is 11.5. The molecule has 0 aliphatic carbocycles. The number of halogens is 3. The summed E-state index contributed by atoms with van der Waals surface area (Å²) in [5.74, 6) is -0.874. The zero-order valence-corrected chi connectivity index (χ0v) is 21.7. The highest BCUT2D eigenvalue weighted by Gasteiger charge is 2.31. The third kappa shape index (κ3) is 7.80. The molecule has 0 spiro atoms. The van der Waals surface area contributed by atoms with Gasteiger partial charge in [-0.2, -0.15) is 0 Å². The topological polar surface area (TPSA) is 58.6 Å². The first-order valence-electron chi connectivity index (χ1n) is 11.3. The standard InChI is InChI=1S/C27H27BrClFN2O3/c1-2-14-31-27(34)24(15-19-8-4-3-5-9-19)32(17-20-10-6-7-11-23(20)30)26(33)18-35-25-13-12-21(28)16-22(25)29/h3-13,16,24H,2,14-15,17-18H2,1H3,(H,31,34)/t24-/m0/s1. The number of carbonyl (C=O) groups is 2. The molecule has 3 rings (SSSR count). The lowest BCUT2D eigenvalue weighted by atomic mass is 10.0. The van der Waals surface area contributed by atoms with E-state index in [1.54, 1.807) is 36.4 Å². The molecular formula is C27H27BrClFN2O3. The Kier molecular flexibility index (Phi) is 10.1. The molecule has 5 nitrogen and oxygen atoms in total. The Hall–Kier alpha value is -2.90. The summed E-state index contributed by atoms with van der Waals surface area (Å²) in [6.07, 6.45) is 1.02. The maximum absolute atomic E-state index is 14.6. The maximum Gasteiger partial charge on any atom is 0.261 e. The fourth-order valence-corrected chi connectivity index (χ4v) is 4.27. The molecule has 1 N–H and O–H groups in total. The van der Waals surface area contributed by atoms with Crippen LogP contribution >= 0.6 is 27.5 Å². The van der Waals surface area contributed by atoms with Crippen molar-refractivity contribution in [1.29, 1.82) is 0 Å². The first-order chi connectivity index (χ1) is 16.9. The van der Waals surface area contributed by atoms with Gasteiger partial charge in [0, 0.05) is 29.5 Å². The number of hydrogen-bond acceptors (Lipinski definition) is 3. The molecule has 35 heavy (non-hydrogen) atoms. The van der Waals surface area contributed by atoms with Crippen LogP contribution in [-0.4, -0.2) is 35.9 Å². The van der Waals surface area contributed by atoms with E-state index in [-0.39, 0.29) is 25.5 Å². The van der Waals surface area contributed by atoms with E-state index < -0.39 is 17.8 Å². The van der Waals surface area contributed by atoms with Crippen molar-refractivity contribution in [1.82, 2.24) is 10.2 Å². The molecule has 0 aliphatic heterocycles. The zero-order chi connectivity index (χ0) is 25.2. The lowest BCUT2D eigenvalue weighted by Gasteiger charge is -2.31. The SMILES string of the molecule is CCCNC(=O)[C@H](Cc1ccccc1)N(Cc1ccccc1F)C(=O)COc1ccc(Br)cc1Cl. The molecule has 0 radical (unpaired) electrons. The van der Waals surface area contributed by atoms with Crippen LogP contribution in [-0.2, 0) is 22.6 Å². The van der Waals surface area contributed by atoms with Crippen LogP contribution in [0.5, 0.6) is 5.75 Å². The van der Waals surface area contributed by atoms with Crippen molar-refractivity contribution < 1.29 is 18.7 Å². The van der Waals surface area contributed by atoms with E-state index in [4.69, 9.17) is 16.3 Å². The zero-order valence-electron chi connectivity index (χ0n) is 19.3. The molecule has 1 atom stereocenters. The Labute approximate surface area is 218 Å². The molecule has 2 amide bonds. The smallest absolute Gasteiger partial charge is 0.261 e. The van der Waals surface area contributed by atoms with Crippen LogP contribution in [0.25, 0.3) is 0 Å². The summed E-state index contributed by atoms with van der Waals surface area (Å²) < 4.78 is 21.0. The molecular weight excluding hydrogens is 535 g/mol. The molecule has 3 aromatic rings. The third-order valence-corrected chi connectivity index (χ3v) is 6.15. The average molecular weight is 562 g/mol. The number of rotatable bonds is 11. The van der Waals surface area contributed by atoms with Gasteiger partial charge in [-0.1, -0.05) is 83.0 Å². The number of nitrogens with zero attached hydrogens (tertiary/aromatic N) is 1. The third-order valence-electron chi connectivity index (χ3n) is 5.36. The number of hydrogen-bond donors (Lipinski definition) is 1. The highest BCUT2D eigenvalue weighted by Crippen LogP contribution is 2.28. The van der Waals surface area contributed by atoms with Crippen LogP contribution in [0.1, 0.15) is 24.5 Å².